The van der Waals surface area contributed by atoms with E-state index in [1.54, 1.807) is 19.2 Å². The molecule has 1 heterocycles. The van der Waals surface area contributed by atoms with E-state index in [0.29, 0.717) is 24.0 Å². The lowest BCUT2D eigenvalue weighted by Gasteiger charge is -2.17. The first-order chi connectivity index (χ1) is 17.2. The Morgan fingerprint density at radius 1 is 1.03 bits per heavy atom. The van der Waals surface area contributed by atoms with Gasteiger partial charge in [0.2, 0.25) is 0 Å². The maximum Gasteiger partial charge on any atom is 0.416 e. The number of phenols is 1. The molecule has 0 saturated carbocycles. The molecular weight excluding hydrogens is 469 g/mol. The summed E-state index contributed by atoms with van der Waals surface area (Å²) in [4.78, 5) is 13.1. The molecule has 4 aromatic rings. The zero-order valence-electron chi connectivity index (χ0n) is 19.8. The van der Waals surface area contributed by atoms with E-state index in [0.717, 1.165) is 34.3 Å². The number of aromatic nitrogens is 1. The minimum atomic E-state index is -4.40. The molecule has 1 atom stereocenters. The maximum atomic E-state index is 13.1. The van der Waals surface area contributed by atoms with E-state index in [4.69, 9.17) is 4.74 Å². The minimum absolute atomic E-state index is 0.0465. The molecule has 4 rings (SSSR count). The zero-order valence-corrected chi connectivity index (χ0v) is 19.8. The number of methoxy groups -OCH3 is 1. The average Bonchev–Trinajstić information content (AvgIpc) is 2.88. The number of ether oxygens (including phenoxy) is 1. The molecule has 0 bridgehead atoms. The highest BCUT2D eigenvalue weighted by Gasteiger charge is 2.33. The fourth-order valence-electron chi connectivity index (χ4n) is 4.36. The van der Waals surface area contributed by atoms with Crippen LogP contribution < -0.4 is 14.6 Å². The fraction of sp³-hybridized carbons (Fsp3) is 0.214. The number of carbonyl (C=O) groups excluding carboxylic acids is 1. The summed E-state index contributed by atoms with van der Waals surface area (Å²) < 4.78 is 46.0. The van der Waals surface area contributed by atoms with Crippen molar-refractivity contribution in [1.82, 2.24) is 5.32 Å². The molecular formula is C28H26F3N2O3+. The molecule has 36 heavy (non-hydrogen) atoms. The number of fused-ring (bicyclic) bond motifs is 1. The Bertz CT molecular complexity index is 1370. The Labute approximate surface area is 206 Å². The number of aromatic hydroxyl groups is 1. The van der Waals surface area contributed by atoms with E-state index in [-0.39, 0.29) is 11.7 Å². The summed E-state index contributed by atoms with van der Waals surface area (Å²) in [5.41, 5.74) is 1.55. The van der Waals surface area contributed by atoms with Gasteiger partial charge >= 0.3 is 6.18 Å². The van der Waals surface area contributed by atoms with Crippen LogP contribution in [0.5, 0.6) is 11.5 Å². The topological polar surface area (TPSA) is 62.4 Å². The Kier molecular flexibility index (Phi) is 7.15. The van der Waals surface area contributed by atoms with Crippen LogP contribution in [0, 0.1) is 0 Å². The number of amides is 1. The fourth-order valence-corrected chi connectivity index (χ4v) is 4.36. The van der Waals surface area contributed by atoms with Crippen molar-refractivity contribution in [3.63, 3.8) is 0 Å². The minimum Gasteiger partial charge on any atom is -0.504 e. The lowest BCUT2D eigenvalue weighted by atomic mass is 9.98. The highest BCUT2D eigenvalue weighted by molar-refractivity contribution is 5.87. The summed E-state index contributed by atoms with van der Waals surface area (Å²) in [6, 6.07) is 18.8. The summed E-state index contributed by atoms with van der Waals surface area (Å²) in [6.07, 6.45) is -1.74. The summed E-state index contributed by atoms with van der Waals surface area (Å²) in [5.74, 6) is 0.0497. The summed E-state index contributed by atoms with van der Waals surface area (Å²) in [6.45, 7) is 0. The number of benzene rings is 3. The van der Waals surface area contributed by atoms with Crippen molar-refractivity contribution in [2.45, 2.75) is 25.1 Å². The first-order valence-corrected chi connectivity index (χ1v) is 11.4. The van der Waals surface area contributed by atoms with Gasteiger partial charge in [-0.05, 0) is 41.6 Å². The average molecular weight is 496 g/mol. The SMILES string of the molecule is CNC(=O)[C@@H](c1ccccc1)[n+]1ccc2cc(OC)c(O)cc2c1CCc1ccc(C(F)(F)F)cc1. The second-order valence-electron chi connectivity index (χ2n) is 8.40. The number of aryl methyl sites for hydroxylation is 2. The van der Waals surface area contributed by atoms with E-state index >= 15 is 0 Å². The first kappa shape index (κ1) is 25.0. The third-order valence-corrected chi connectivity index (χ3v) is 6.21. The van der Waals surface area contributed by atoms with Crippen molar-refractivity contribution in [2.75, 3.05) is 14.2 Å². The van der Waals surface area contributed by atoms with Gasteiger partial charge in [0, 0.05) is 25.1 Å². The Hall–Kier alpha value is -4.07. The van der Waals surface area contributed by atoms with Gasteiger partial charge in [0.05, 0.1) is 18.1 Å². The van der Waals surface area contributed by atoms with Crippen LogP contribution in [0.2, 0.25) is 0 Å². The standard InChI is InChI=1S/C28H25F3N2O3/c1-32-27(35)26(19-6-4-3-5-7-19)33-15-14-20-16-25(36-2)24(34)17-22(20)23(33)13-10-18-8-11-21(12-9-18)28(29,30)31/h3-9,11-12,14-17,26H,10,13H2,1-2H3,(H-,32,34,35)/p+1/t26-/m1/s1. The summed E-state index contributed by atoms with van der Waals surface area (Å²) in [7, 11) is 3.03. The van der Waals surface area contributed by atoms with Gasteiger partial charge in [-0.1, -0.05) is 42.5 Å². The van der Waals surface area contributed by atoms with Crippen molar-refractivity contribution in [3.8, 4) is 11.5 Å². The van der Waals surface area contributed by atoms with E-state index in [9.17, 15) is 23.1 Å². The molecule has 1 aromatic heterocycles. The predicted molar refractivity (Wildman–Crippen MR) is 130 cm³/mol. The van der Waals surface area contributed by atoms with Crippen molar-refractivity contribution in [1.29, 1.82) is 0 Å². The molecule has 2 N–H and O–H groups in total. The van der Waals surface area contributed by atoms with Gasteiger partial charge in [0.1, 0.15) is 0 Å². The molecule has 0 aliphatic carbocycles. The molecule has 0 radical (unpaired) electrons. The van der Waals surface area contributed by atoms with Gasteiger partial charge < -0.3 is 15.2 Å². The number of hydrogen-bond donors (Lipinski definition) is 2. The smallest absolute Gasteiger partial charge is 0.416 e. The number of pyridine rings is 1. The molecule has 0 fully saturated rings. The third kappa shape index (κ3) is 5.12. The monoisotopic (exact) mass is 495 g/mol. The van der Waals surface area contributed by atoms with Crippen molar-refractivity contribution in [3.05, 3.63) is 101 Å². The van der Waals surface area contributed by atoms with Gasteiger partial charge in [0.25, 0.3) is 11.9 Å². The largest absolute Gasteiger partial charge is 0.504 e. The van der Waals surface area contributed by atoms with E-state index in [1.807, 2.05) is 47.2 Å². The van der Waals surface area contributed by atoms with Crippen LogP contribution in [0.3, 0.4) is 0 Å². The number of hydrogen-bond acceptors (Lipinski definition) is 3. The van der Waals surface area contributed by atoms with Crippen LogP contribution in [0.25, 0.3) is 10.8 Å². The summed E-state index contributed by atoms with van der Waals surface area (Å²) in [5, 5.41) is 14.7. The van der Waals surface area contributed by atoms with Crippen molar-refractivity contribution in [2.24, 2.45) is 0 Å². The lowest BCUT2D eigenvalue weighted by Crippen LogP contribution is -2.51. The van der Waals surface area contributed by atoms with Gasteiger partial charge in [-0.3, -0.25) is 4.79 Å². The van der Waals surface area contributed by atoms with Crippen LogP contribution >= 0.6 is 0 Å². The zero-order chi connectivity index (χ0) is 25.9. The molecule has 0 spiro atoms. The maximum absolute atomic E-state index is 13.1. The number of nitrogens with one attached hydrogen (secondary N) is 1. The van der Waals surface area contributed by atoms with Crippen LogP contribution in [0.15, 0.2) is 79.0 Å². The third-order valence-electron chi connectivity index (χ3n) is 6.21. The van der Waals surface area contributed by atoms with Gasteiger partial charge in [-0.25, -0.2) is 0 Å². The molecule has 0 aliphatic heterocycles. The molecule has 8 heteroatoms. The van der Waals surface area contributed by atoms with Crippen LogP contribution in [-0.2, 0) is 23.8 Å². The Morgan fingerprint density at radius 2 is 1.72 bits per heavy atom. The Balaban J connectivity index is 1.83. The molecule has 5 nitrogen and oxygen atoms in total. The van der Waals surface area contributed by atoms with Gasteiger partial charge in [-0.15, -0.1) is 0 Å². The Morgan fingerprint density at radius 3 is 2.33 bits per heavy atom. The second kappa shape index (κ2) is 10.3. The van der Waals surface area contributed by atoms with Crippen molar-refractivity contribution < 1.29 is 32.4 Å². The quantitative estimate of drug-likeness (QED) is 0.356. The van der Waals surface area contributed by atoms with Gasteiger partial charge in [-0.2, -0.15) is 17.7 Å². The number of halogens is 3. The van der Waals surface area contributed by atoms with E-state index in [1.165, 1.54) is 19.2 Å². The number of carbonyl (C=O) groups is 1. The highest BCUT2D eigenvalue weighted by atomic mass is 19.4. The number of phenolic OH excluding ortho intramolecular Hbond substituents is 1. The van der Waals surface area contributed by atoms with Crippen LogP contribution in [-0.4, -0.2) is 25.2 Å². The number of alkyl halides is 3. The normalized spacial score (nSPS) is 12.4. The molecule has 0 saturated heterocycles. The first-order valence-electron chi connectivity index (χ1n) is 11.4. The second-order valence-corrected chi connectivity index (χ2v) is 8.40. The molecule has 0 unspecified atom stereocenters. The van der Waals surface area contributed by atoms with Gasteiger partial charge in [0.15, 0.2) is 23.4 Å². The lowest BCUT2D eigenvalue weighted by molar-refractivity contribution is -0.706. The molecule has 3 aromatic carbocycles. The predicted octanol–water partition coefficient (Wildman–Crippen LogP) is 4.98. The number of nitrogens with zero attached hydrogens (tertiary/aromatic N) is 1. The number of likely N-dealkylation sites (N-methyl/N-ethyl adjacent to an activating group) is 1. The van der Waals surface area contributed by atoms with E-state index < -0.39 is 17.8 Å². The molecule has 0 aliphatic rings. The van der Waals surface area contributed by atoms with Crippen LogP contribution in [0.1, 0.15) is 28.4 Å². The molecule has 1 amide bonds. The van der Waals surface area contributed by atoms with Crippen LogP contribution in [0.4, 0.5) is 13.2 Å². The number of rotatable bonds is 7. The van der Waals surface area contributed by atoms with E-state index in [2.05, 4.69) is 5.32 Å². The summed E-state index contributed by atoms with van der Waals surface area (Å²) >= 11 is 0. The van der Waals surface area contributed by atoms with Crippen molar-refractivity contribution >= 4 is 16.7 Å². The highest BCUT2D eigenvalue weighted by Crippen LogP contribution is 2.33. The molecule has 186 valence electrons.